The Balaban J connectivity index is 2.11. The van der Waals surface area contributed by atoms with Crippen LogP contribution in [0.1, 0.15) is 16.9 Å². The lowest BCUT2D eigenvalue weighted by Crippen LogP contribution is -2.07. The fourth-order valence-corrected chi connectivity index (χ4v) is 2.46. The average molecular weight is 304 g/mol. The molecule has 3 rings (SSSR count). The average Bonchev–Trinajstić information content (AvgIpc) is 2.91. The van der Waals surface area contributed by atoms with Crippen LogP contribution in [-0.2, 0) is 4.74 Å². The summed E-state index contributed by atoms with van der Waals surface area (Å²) in [5.41, 5.74) is 1.21. The van der Waals surface area contributed by atoms with Crippen molar-refractivity contribution in [1.29, 1.82) is 0 Å². The predicted octanol–water partition coefficient (Wildman–Crippen LogP) is 3.48. The van der Waals surface area contributed by atoms with Crippen molar-refractivity contribution in [2.45, 2.75) is 6.42 Å². The van der Waals surface area contributed by atoms with E-state index in [1.165, 1.54) is 0 Å². The first-order chi connectivity index (χ1) is 8.75. The summed E-state index contributed by atoms with van der Waals surface area (Å²) >= 11 is 3.40. The van der Waals surface area contributed by atoms with Crippen LogP contribution in [0, 0.1) is 0 Å². The smallest absolute Gasteiger partial charge is 0.246 e. The van der Waals surface area contributed by atoms with Crippen molar-refractivity contribution < 1.29 is 9.53 Å². The molecule has 2 aromatic rings. The van der Waals surface area contributed by atoms with Gasteiger partial charge in [0, 0.05) is 16.3 Å². The highest BCUT2D eigenvalue weighted by Gasteiger charge is 2.21. The molecule has 0 bridgehead atoms. The maximum absolute atomic E-state index is 12.2. The fourth-order valence-electron chi connectivity index (χ4n) is 1.94. The number of hydrogen-bond acceptors (Lipinski definition) is 3. The van der Waals surface area contributed by atoms with Gasteiger partial charge in [-0.25, -0.2) is 4.98 Å². The molecule has 4 heteroatoms. The zero-order chi connectivity index (χ0) is 12.5. The topological polar surface area (TPSA) is 39.2 Å². The van der Waals surface area contributed by atoms with E-state index in [1.807, 2.05) is 36.4 Å². The third kappa shape index (κ3) is 1.93. The molecule has 0 spiro atoms. The van der Waals surface area contributed by atoms with Crippen molar-refractivity contribution in [2.75, 3.05) is 6.61 Å². The van der Waals surface area contributed by atoms with E-state index in [1.54, 1.807) is 0 Å². The molecular weight excluding hydrogens is 294 g/mol. The van der Waals surface area contributed by atoms with Gasteiger partial charge in [0.15, 0.2) is 5.76 Å². The molecule has 0 N–H and O–H groups in total. The minimum absolute atomic E-state index is 0.162. The zero-order valence-electron chi connectivity index (χ0n) is 9.52. The SMILES string of the molecule is O=C(C1=CCCO1)c1nc2ccccc2cc1Br. The Hall–Kier alpha value is -1.68. The maximum Gasteiger partial charge on any atom is 0.246 e. The summed E-state index contributed by atoms with van der Waals surface area (Å²) in [6.07, 6.45) is 2.60. The van der Waals surface area contributed by atoms with E-state index in [0.717, 1.165) is 17.3 Å². The van der Waals surface area contributed by atoms with Gasteiger partial charge in [-0.15, -0.1) is 0 Å². The summed E-state index contributed by atoms with van der Waals surface area (Å²) in [4.78, 5) is 16.6. The molecule has 0 fully saturated rings. The van der Waals surface area contributed by atoms with E-state index in [9.17, 15) is 4.79 Å². The molecule has 90 valence electrons. The number of carbonyl (C=O) groups is 1. The van der Waals surface area contributed by atoms with Gasteiger partial charge in [-0.1, -0.05) is 18.2 Å². The molecule has 1 aliphatic rings. The second kappa shape index (κ2) is 4.53. The highest BCUT2D eigenvalue weighted by molar-refractivity contribution is 9.10. The van der Waals surface area contributed by atoms with Gasteiger partial charge in [0.05, 0.1) is 12.1 Å². The molecule has 0 unspecified atom stereocenters. The quantitative estimate of drug-likeness (QED) is 0.797. The molecule has 1 aromatic carbocycles. The zero-order valence-corrected chi connectivity index (χ0v) is 11.1. The van der Waals surface area contributed by atoms with Gasteiger partial charge < -0.3 is 4.74 Å². The third-order valence-electron chi connectivity index (χ3n) is 2.82. The Bertz CT molecular complexity index is 664. The fraction of sp³-hybridized carbons (Fsp3) is 0.143. The Morgan fingerprint density at radius 3 is 2.94 bits per heavy atom. The molecule has 2 heterocycles. The molecule has 18 heavy (non-hydrogen) atoms. The second-order valence-corrected chi connectivity index (χ2v) is 4.90. The number of rotatable bonds is 2. The highest BCUT2D eigenvalue weighted by Crippen LogP contribution is 2.25. The Kier molecular flexibility index (Phi) is 2.88. The summed E-state index contributed by atoms with van der Waals surface area (Å²) in [6, 6.07) is 9.61. The van der Waals surface area contributed by atoms with Crippen LogP contribution in [0.15, 0.2) is 46.6 Å². The molecule has 0 aliphatic carbocycles. The second-order valence-electron chi connectivity index (χ2n) is 4.05. The number of halogens is 1. The molecule has 0 saturated heterocycles. The van der Waals surface area contributed by atoms with Gasteiger partial charge in [-0.2, -0.15) is 0 Å². The number of carbonyl (C=O) groups excluding carboxylic acids is 1. The number of nitrogens with zero attached hydrogens (tertiary/aromatic N) is 1. The van der Waals surface area contributed by atoms with Crippen molar-refractivity contribution in [3.63, 3.8) is 0 Å². The molecular formula is C14H10BrNO2. The number of ketones is 1. The molecule has 0 atom stereocenters. The van der Waals surface area contributed by atoms with Crippen molar-refractivity contribution >= 4 is 32.6 Å². The van der Waals surface area contributed by atoms with Crippen LogP contribution < -0.4 is 0 Å². The van der Waals surface area contributed by atoms with Crippen LogP contribution in [0.2, 0.25) is 0 Å². The van der Waals surface area contributed by atoms with Crippen LogP contribution in [0.3, 0.4) is 0 Å². The van der Waals surface area contributed by atoms with Gasteiger partial charge in [0.2, 0.25) is 5.78 Å². The predicted molar refractivity (Wildman–Crippen MR) is 72.4 cm³/mol. The lowest BCUT2D eigenvalue weighted by molar-refractivity contribution is 0.0937. The Morgan fingerprint density at radius 2 is 2.17 bits per heavy atom. The summed E-state index contributed by atoms with van der Waals surface area (Å²) in [5.74, 6) is 0.239. The van der Waals surface area contributed by atoms with Gasteiger partial charge in [0.25, 0.3) is 0 Å². The van der Waals surface area contributed by atoms with Crippen LogP contribution in [-0.4, -0.2) is 17.4 Å². The minimum atomic E-state index is -0.162. The molecule has 0 amide bonds. The van der Waals surface area contributed by atoms with Crippen LogP contribution in [0.4, 0.5) is 0 Å². The summed E-state index contributed by atoms with van der Waals surface area (Å²) in [5, 5.41) is 1.00. The highest BCUT2D eigenvalue weighted by atomic mass is 79.9. The van der Waals surface area contributed by atoms with E-state index >= 15 is 0 Å². The van der Waals surface area contributed by atoms with E-state index in [-0.39, 0.29) is 5.78 Å². The van der Waals surface area contributed by atoms with E-state index < -0.39 is 0 Å². The molecule has 0 radical (unpaired) electrons. The first-order valence-electron chi connectivity index (χ1n) is 5.68. The molecule has 1 aromatic heterocycles. The van der Waals surface area contributed by atoms with Gasteiger partial charge in [-0.05, 0) is 34.1 Å². The molecule has 3 nitrogen and oxygen atoms in total. The number of fused-ring (bicyclic) bond motifs is 1. The van der Waals surface area contributed by atoms with E-state index in [4.69, 9.17) is 4.74 Å². The van der Waals surface area contributed by atoms with Crippen LogP contribution in [0.5, 0.6) is 0 Å². The number of hydrogen-bond donors (Lipinski definition) is 0. The third-order valence-corrected chi connectivity index (χ3v) is 3.43. The minimum Gasteiger partial charge on any atom is -0.489 e. The van der Waals surface area contributed by atoms with Crippen molar-refractivity contribution in [3.05, 3.63) is 52.3 Å². The first-order valence-corrected chi connectivity index (χ1v) is 6.48. The van der Waals surface area contributed by atoms with Crippen LogP contribution >= 0.6 is 15.9 Å². The van der Waals surface area contributed by atoms with E-state index in [2.05, 4.69) is 20.9 Å². The van der Waals surface area contributed by atoms with Crippen molar-refractivity contribution in [2.24, 2.45) is 0 Å². The number of aromatic nitrogens is 1. The van der Waals surface area contributed by atoms with Gasteiger partial charge in [0.1, 0.15) is 5.69 Å². The molecule has 1 aliphatic heterocycles. The Morgan fingerprint density at radius 1 is 1.33 bits per heavy atom. The summed E-state index contributed by atoms with van der Waals surface area (Å²) in [7, 11) is 0. The summed E-state index contributed by atoms with van der Waals surface area (Å²) in [6.45, 7) is 0.576. The number of pyridine rings is 1. The monoisotopic (exact) mass is 303 g/mol. The number of ether oxygens (including phenoxy) is 1. The van der Waals surface area contributed by atoms with Crippen molar-refractivity contribution in [3.8, 4) is 0 Å². The standard InChI is InChI=1S/C14H10BrNO2/c15-10-8-9-4-1-2-5-11(9)16-13(10)14(17)12-6-3-7-18-12/h1-2,4-6,8H,3,7H2. The molecule has 0 saturated carbocycles. The number of allylic oxidation sites excluding steroid dienone is 1. The Labute approximate surface area is 113 Å². The normalized spacial score (nSPS) is 14.4. The van der Waals surface area contributed by atoms with Gasteiger partial charge in [-0.3, -0.25) is 4.79 Å². The maximum atomic E-state index is 12.2. The summed E-state index contributed by atoms with van der Waals surface area (Å²) < 4.78 is 5.98. The lowest BCUT2D eigenvalue weighted by Gasteiger charge is -2.06. The van der Waals surface area contributed by atoms with Crippen molar-refractivity contribution in [1.82, 2.24) is 4.98 Å². The lowest BCUT2D eigenvalue weighted by atomic mass is 10.1. The largest absolute Gasteiger partial charge is 0.489 e. The first kappa shape index (κ1) is 11.4. The number of Topliss-reactive ketones (excluding diaryl/α,β-unsaturated/α-hetero) is 1. The number of para-hydroxylation sites is 1. The van der Waals surface area contributed by atoms with Gasteiger partial charge >= 0.3 is 0 Å². The van der Waals surface area contributed by atoms with Crippen LogP contribution in [0.25, 0.3) is 10.9 Å². The number of benzene rings is 1. The van der Waals surface area contributed by atoms with E-state index in [0.29, 0.717) is 22.5 Å².